The van der Waals surface area contributed by atoms with Gasteiger partial charge in [0.25, 0.3) is 0 Å². The predicted molar refractivity (Wildman–Crippen MR) is 86.4 cm³/mol. The highest BCUT2D eigenvalue weighted by Gasteiger charge is 2.06. The molecule has 0 aliphatic rings. The highest BCUT2D eigenvalue weighted by atomic mass is 79.9. The number of rotatable bonds is 6. The Labute approximate surface area is 131 Å². The van der Waals surface area contributed by atoms with E-state index in [1.807, 2.05) is 19.1 Å². The Morgan fingerprint density at radius 2 is 2.10 bits per heavy atom. The number of ether oxygens (including phenoxy) is 1. The molecule has 0 fully saturated rings. The quantitative estimate of drug-likeness (QED) is 0.765. The molecule has 20 heavy (non-hydrogen) atoms. The van der Waals surface area contributed by atoms with Crippen molar-refractivity contribution in [3.05, 3.63) is 50.6 Å². The summed E-state index contributed by atoms with van der Waals surface area (Å²) in [6.45, 7) is 3.21. The molecule has 1 aromatic carbocycles. The van der Waals surface area contributed by atoms with Crippen LogP contribution in [0.1, 0.15) is 29.3 Å². The summed E-state index contributed by atoms with van der Waals surface area (Å²) in [5, 5.41) is 5.42. The number of esters is 1. The van der Waals surface area contributed by atoms with Crippen LogP contribution >= 0.6 is 27.3 Å². The number of thiophene rings is 1. The molecule has 1 N–H and O–H groups in total. The van der Waals surface area contributed by atoms with E-state index in [4.69, 9.17) is 4.74 Å². The van der Waals surface area contributed by atoms with Crippen molar-refractivity contribution >= 4 is 38.9 Å². The Kier molecular flexibility index (Phi) is 5.61. The maximum atomic E-state index is 11.7. The van der Waals surface area contributed by atoms with Crippen LogP contribution in [0.3, 0.4) is 0 Å². The lowest BCUT2D eigenvalue weighted by Crippen LogP contribution is -2.06. The molecular formula is C15H16BrNO2S. The first-order valence-corrected chi connectivity index (χ1v) is 8.10. The molecule has 0 atom stereocenters. The van der Waals surface area contributed by atoms with E-state index in [1.54, 1.807) is 23.5 Å². The van der Waals surface area contributed by atoms with Gasteiger partial charge in [-0.25, -0.2) is 4.79 Å². The van der Waals surface area contributed by atoms with Crippen molar-refractivity contribution in [3.8, 4) is 0 Å². The molecule has 0 bridgehead atoms. The summed E-state index contributed by atoms with van der Waals surface area (Å²) < 4.78 is 6.21. The first-order chi connectivity index (χ1) is 9.69. The van der Waals surface area contributed by atoms with Gasteiger partial charge < -0.3 is 10.1 Å². The van der Waals surface area contributed by atoms with Gasteiger partial charge in [-0.15, -0.1) is 11.3 Å². The van der Waals surface area contributed by atoms with Gasteiger partial charge in [0.1, 0.15) is 0 Å². The summed E-state index contributed by atoms with van der Waals surface area (Å²) in [7, 11) is 0. The second kappa shape index (κ2) is 7.45. The number of hydrogen-bond acceptors (Lipinski definition) is 4. The molecule has 0 aliphatic carbocycles. The average Bonchev–Trinajstić information content (AvgIpc) is 2.89. The third-order valence-corrected chi connectivity index (χ3v) is 4.23. The topological polar surface area (TPSA) is 38.3 Å². The fourth-order valence-corrected chi connectivity index (χ4v) is 2.85. The highest BCUT2D eigenvalue weighted by molar-refractivity contribution is 9.11. The van der Waals surface area contributed by atoms with Crippen LogP contribution in [0.25, 0.3) is 0 Å². The summed E-state index contributed by atoms with van der Waals surface area (Å²) >= 11 is 5.11. The largest absolute Gasteiger partial charge is 0.462 e. The third kappa shape index (κ3) is 4.35. The molecular weight excluding hydrogens is 338 g/mol. The van der Waals surface area contributed by atoms with Gasteiger partial charge in [-0.1, -0.05) is 6.92 Å². The van der Waals surface area contributed by atoms with Gasteiger partial charge >= 0.3 is 5.97 Å². The molecule has 3 nitrogen and oxygen atoms in total. The summed E-state index contributed by atoms with van der Waals surface area (Å²) in [6.07, 6.45) is 0.835. The van der Waals surface area contributed by atoms with Crippen LogP contribution in [0.4, 0.5) is 5.69 Å². The van der Waals surface area contributed by atoms with Crippen molar-refractivity contribution in [2.24, 2.45) is 0 Å². The van der Waals surface area contributed by atoms with E-state index in [1.165, 1.54) is 5.56 Å². The molecule has 5 heteroatoms. The molecule has 2 rings (SSSR count). The van der Waals surface area contributed by atoms with E-state index in [0.717, 1.165) is 22.4 Å². The summed E-state index contributed by atoms with van der Waals surface area (Å²) in [5.74, 6) is -0.264. The first-order valence-electron chi connectivity index (χ1n) is 6.43. The maximum Gasteiger partial charge on any atom is 0.338 e. The van der Waals surface area contributed by atoms with E-state index in [9.17, 15) is 4.79 Å². The molecule has 0 saturated heterocycles. The Balaban J connectivity index is 1.89. The van der Waals surface area contributed by atoms with Gasteiger partial charge in [-0.05, 0) is 63.6 Å². The van der Waals surface area contributed by atoms with Gasteiger partial charge in [0.05, 0.1) is 16.0 Å². The number of carbonyl (C=O) groups excluding carboxylic acids is 1. The van der Waals surface area contributed by atoms with Crippen molar-refractivity contribution < 1.29 is 9.53 Å². The van der Waals surface area contributed by atoms with Crippen molar-refractivity contribution in [2.45, 2.75) is 19.9 Å². The van der Waals surface area contributed by atoms with Crippen LogP contribution in [0.2, 0.25) is 0 Å². The van der Waals surface area contributed by atoms with E-state index in [2.05, 4.69) is 32.7 Å². The van der Waals surface area contributed by atoms with Crippen molar-refractivity contribution in [1.29, 1.82) is 0 Å². The van der Waals surface area contributed by atoms with Gasteiger partial charge in [0, 0.05) is 12.2 Å². The molecule has 0 radical (unpaired) electrons. The van der Waals surface area contributed by atoms with E-state index in [0.29, 0.717) is 12.2 Å². The smallest absolute Gasteiger partial charge is 0.338 e. The maximum absolute atomic E-state index is 11.7. The first kappa shape index (κ1) is 15.1. The molecule has 2 aromatic rings. The zero-order valence-electron chi connectivity index (χ0n) is 11.2. The van der Waals surface area contributed by atoms with Crippen LogP contribution in [-0.2, 0) is 11.3 Å². The minimum atomic E-state index is -0.264. The summed E-state index contributed by atoms with van der Waals surface area (Å²) in [5.41, 5.74) is 2.80. The van der Waals surface area contributed by atoms with Crippen molar-refractivity contribution in [3.63, 3.8) is 0 Å². The Morgan fingerprint density at radius 1 is 1.35 bits per heavy atom. The lowest BCUT2D eigenvalue weighted by atomic mass is 10.2. The van der Waals surface area contributed by atoms with Gasteiger partial charge in [-0.3, -0.25) is 0 Å². The van der Waals surface area contributed by atoms with Gasteiger partial charge in [0.2, 0.25) is 0 Å². The second-order valence-corrected chi connectivity index (χ2v) is 6.62. The number of halogens is 1. The fourth-order valence-electron chi connectivity index (χ4n) is 1.64. The number of carbonyl (C=O) groups is 1. The molecule has 0 spiro atoms. The molecule has 106 valence electrons. The fraction of sp³-hybridized carbons (Fsp3) is 0.267. The Morgan fingerprint density at radius 3 is 2.70 bits per heavy atom. The monoisotopic (exact) mass is 353 g/mol. The zero-order chi connectivity index (χ0) is 14.4. The summed E-state index contributed by atoms with van der Waals surface area (Å²) in [4.78, 5) is 11.7. The molecule has 0 aliphatic heterocycles. The Hall–Kier alpha value is -1.33. The molecule has 0 saturated carbocycles. The van der Waals surface area contributed by atoms with Crippen molar-refractivity contribution in [2.75, 3.05) is 11.9 Å². The zero-order valence-corrected chi connectivity index (χ0v) is 13.6. The number of anilines is 1. The normalized spacial score (nSPS) is 10.3. The average molecular weight is 354 g/mol. The van der Waals surface area contributed by atoms with E-state index in [-0.39, 0.29) is 5.97 Å². The SMILES string of the molecule is CCCOC(=O)c1ccc(NCc2csc(Br)c2)cc1. The molecule has 1 aromatic heterocycles. The minimum Gasteiger partial charge on any atom is -0.462 e. The predicted octanol–water partition coefficient (Wildman–Crippen LogP) is 4.69. The van der Waals surface area contributed by atoms with Gasteiger partial charge in [-0.2, -0.15) is 0 Å². The molecule has 1 heterocycles. The van der Waals surface area contributed by atoms with Crippen LogP contribution in [0.15, 0.2) is 39.5 Å². The third-order valence-electron chi connectivity index (χ3n) is 2.68. The van der Waals surface area contributed by atoms with Crippen LogP contribution in [0.5, 0.6) is 0 Å². The molecule has 0 amide bonds. The summed E-state index contributed by atoms with van der Waals surface area (Å²) in [6, 6.07) is 9.44. The minimum absolute atomic E-state index is 0.264. The number of nitrogens with one attached hydrogen (secondary N) is 1. The molecule has 0 unspecified atom stereocenters. The van der Waals surface area contributed by atoms with E-state index < -0.39 is 0 Å². The van der Waals surface area contributed by atoms with Crippen LogP contribution < -0.4 is 5.32 Å². The highest BCUT2D eigenvalue weighted by Crippen LogP contribution is 2.21. The lowest BCUT2D eigenvalue weighted by Gasteiger charge is -2.07. The second-order valence-electron chi connectivity index (χ2n) is 4.33. The standard InChI is InChI=1S/C15H16BrNO2S/c1-2-7-19-15(18)12-3-5-13(6-4-12)17-9-11-8-14(16)20-10-11/h3-6,8,10,17H,2,7,9H2,1H3. The van der Waals surface area contributed by atoms with E-state index >= 15 is 0 Å². The number of benzene rings is 1. The van der Waals surface area contributed by atoms with Gasteiger partial charge in [0.15, 0.2) is 0 Å². The lowest BCUT2D eigenvalue weighted by molar-refractivity contribution is 0.0505. The number of hydrogen-bond donors (Lipinski definition) is 1. The van der Waals surface area contributed by atoms with Crippen LogP contribution in [0, 0.1) is 0 Å². The Bertz CT molecular complexity index is 566. The van der Waals surface area contributed by atoms with Crippen LogP contribution in [-0.4, -0.2) is 12.6 Å². The van der Waals surface area contributed by atoms with Crippen molar-refractivity contribution in [1.82, 2.24) is 0 Å².